The van der Waals surface area contributed by atoms with Gasteiger partial charge in [0.1, 0.15) is 5.82 Å². The van der Waals surface area contributed by atoms with Crippen molar-refractivity contribution in [2.75, 3.05) is 18.4 Å². The van der Waals surface area contributed by atoms with Gasteiger partial charge in [0.15, 0.2) is 0 Å². The van der Waals surface area contributed by atoms with Crippen molar-refractivity contribution in [1.29, 1.82) is 0 Å². The number of para-hydroxylation sites is 2. The van der Waals surface area contributed by atoms with Gasteiger partial charge in [-0.3, -0.25) is 4.98 Å². The van der Waals surface area contributed by atoms with Gasteiger partial charge < -0.3 is 15.2 Å². The number of aromatic nitrogens is 3. The van der Waals surface area contributed by atoms with Gasteiger partial charge >= 0.3 is 6.03 Å². The molecule has 2 aromatic heterocycles. The molecule has 1 aliphatic heterocycles. The Bertz CT molecular complexity index is 804. The summed E-state index contributed by atoms with van der Waals surface area (Å²) in [6, 6.07) is 11.7. The lowest BCUT2D eigenvalue weighted by atomic mass is 9.96. The number of amides is 2. The van der Waals surface area contributed by atoms with Crippen molar-refractivity contribution in [3.63, 3.8) is 0 Å². The molecule has 0 unspecified atom stereocenters. The van der Waals surface area contributed by atoms with Crippen molar-refractivity contribution in [2.24, 2.45) is 0 Å². The molecule has 0 saturated carbocycles. The number of nitrogens with one attached hydrogen (secondary N) is 2. The maximum atomic E-state index is 12.3. The van der Waals surface area contributed by atoms with E-state index in [9.17, 15) is 4.79 Å². The molecule has 24 heavy (non-hydrogen) atoms. The number of H-pyrrole nitrogens is 1. The molecule has 0 radical (unpaired) electrons. The maximum Gasteiger partial charge on any atom is 0.321 e. The van der Waals surface area contributed by atoms with Gasteiger partial charge in [0.05, 0.1) is 22.9 Å². The molecule has 6 heteroatoms. The van der Waals surface area contributed by atoms with Crippen LogP contribution in [0.15, 0.2) is 48.8 Å². The average Bonchev–Trinajstić information content (AvgIpc) is 3.07. The fraction of sp³-hybridized carbons (Fsp3) is 0.278. The highest BCUT2D eigenvalue weighted by molar-refractivity contribution is 5.89. The van der Waals surface area contributed by atoms with E-state index in [1.54, 1.807) is 12.4 Å². The van der Waals surface area contributed by atoms with E-state index < -0.39 is 0 Å². The van der Waals surface area contributed by atoms with Gasteiger partial charge in [0.25, 0.3) is 0 Å². The first-order valence-corrected chi connectivity index (χ1v) is 8.20. The summed E-state index contributed by atoms with van der Waals surface area (Å²) in [6.07, 6.45) is 5.17. The Balaban J connectivity index is 1.38. The molecular formula is C18H19N5O. The lowest BCUT2D eigenvalue weighted by Crippen LogP contribution is -2.40. The maximum absolute atomic E-state index is 12.3. The summed E-state index contributed by atoms with van der Waals surface area (Å²) in [7, 11) is 0. The molecule has 3 aromatic rings. The molecule has 0 spiro atoms. The summed E-state index contributed by atoms with van der Waals surface area (Å²) >= 11 is 0. The standard InChI is InChI=1S/C18H19N5O/c24-18(20-14-4-3-9-19-12-14)23-10-7-13(8-11-23)17-21-15-5-1-2-6-16(15)22-17/h1-6,9,12-13H,7-8,10-11H2,(H,20,24)(H,21,22). The van der Waals surface area contributed by atoms with Crippen LogP contribution in [0.2, 0.25) is 0 Å². The Hall–Kier alpha value is -2.89. The predicted molar refractivity (Wildman–Crippen MR) is 92.9 cm³/mol. The summed E-state index contributed by atoms with van der Waals surface area (Å²) < 4.78 is 0. The third kappa shape index (κ3) is 2.95. The molecule has 2 N–H and O–H groups in total. The number of hydrogen-bond donors (Lipinski definition) is 2. The van der Waals surface area contributed by atoms with Crippen LogP contribution in [0.1, 0.15) is 24.6 Å². The zero-order valence-electron chi connectivity index (χ0n) is 13.3. The van der Waals surface area contributed by atoms with E-state index in [2.05, 4.69) is 15.3 Å². The second kappa shape index (κ2) is 6.31. The first kappa shape index (κ1) is 14.7. The molecular weight excluding hydrogens is 302 g/mol. The zero-order valence-corrected chi connectivity index (χ0v) is 13.3. The second-order valence-corrected chi connectivity index (χ2v) is 6.07. The van der Waals surface area contributed by atoms with Crippen molar-refractivity contribution in [1.82, 2.24) is 19.9 Å². The molecule has 122 valence electrons. The number of hydrogen-bond acceptors (Lipinski definition) is 3. The monoisotopic (exact) mass is 321 g/mol. The molecule has 3 heterocycles. The first-order chi connectivity index (χ1) is 11.8. The van der Waals surface area contributed by atoms with Crippen LogP contribution in [-0.4, -0.2) is 39.0 Å². The van der Waals surface area contributed by atoms with E-state index in [1.807, 2.05) is 41.3 Å². The molecule has 6 nitrogen and oxygen atoms in total. The largest absolute Gasteiger partial charge is 0.342 e. The predicted octanol–water partition coefficient (Wildman–Crippen LogP) is 3.37. The lowest BCUT2D eigenvalue weighted by Gasteiger charge is -2.31. The number of piperidine rings is 1. The topological polar surface area (TPSA) is 73.9 Å². The zero-order chi connectivity index (χ0) is 16.4. The van der Waals surface area contributed by atoms with Gasteiger partial charge in [-0.15, -0.1) is 0 Å². The van der Waals surface area contributed by atoms with Crippen LogP contribution in [0.5, 0.6) is 0 Å². The average molecular weight is 321 g/mol. The summed E-state index contributed by atoms with van der Waals surface area (Å²) in [5.74, 6) is 1.41. The number of pyridine rings is 1. The third-order valence-corrected chi connectivity index (χ3v) is 4.49. The number of anilines is 1. The number of benzene rings is 1. The normalized spacial score (nSPS) is 15.6. The molecule has 1 saturated heterocycles. The van der Waals surface area contributed by atoms with Crippen molar-refractivity contribution < 1.29 is 4.79 Å². The first-order valence-electron chi connectivity index (χ1n) is 8.20. The van der Waals surface area contributed by atoms with Gasteiger partial charge in [-0.25, -0.2) is 9.78 Å². The molecule has 4 rings (SSSR count). The Morgan fingerprint density at radius 1 is 1.17 bits per heavy atom. The Morgan fingerprint density at radius 3 is 2.75 bits per heavy atom. The summed E-state index contributed by atoms with van der Waals surface area (Å²) in [4.78, 5) is 26.3. The van der Waals surface area contributed by atoms with E-state index >= 15 is 0 Å². The summed E-state index contributed by atoms with van der Waals surface area (Å²) in [6.45, 7) is 1.46. The minimum atomic E-state index is -0.0638. The van der Waals surface area contributed by atoms with E-state index in [-0.39, 0.29) is 6.03 Å². The SMILES string of the molecule is O=C(Nc1cccnc1)N1CCC(c2nc3ccccc3[nH]2)CC1. The van der Waals surface area contributed by atoms with Crippen LogP contribution in [0, 0.1) is 0 Å². The van der Waals surface area contributed by atoms with Crippen molar-refractivity contribution in [3.05, 3.63) is 54.6 Å². The number of carbonyl (C=O) groups is 1. The van der Waals surface area contributed by atoms with E-state index in [1.165, 1.54) is 0 Å². The molecule has 1 aromatic carbocycles. The molecule has 0 bridgehead atoms. The van der Waals surface area contributed by atoms with Crippen LogP contribution in [0.3, 0.4) is 0 Å². The van der Waals surface area contributed by atoms with Gasteiger partial charge in [-0.2, -0.15) is 0 Å². The number of rotatable bonds is 2. The molecule has 1 fully saturated rings. The third-order valence-electron chi connectivity index (χ3n) is 4.49. The molecule has 0 atom stereocenters. The number of urea groups is 1. The number of likely N-dealkylation sites (tertiary alicyclic amines) is 1. The Kier molecular flexibility index (Phi) is 3.86. The number of fused-ring (bicyclic) bond motifs is 1. The number of nitrogens with zero attached hydrogens (tertiary/aromatic N) is 3. The van der Waals surface area contributed by atoms with Gasteiger partial charge in [0, 0.05) is 25.2 Å². The number of imidazole rings is 1. The smallest absolute Gasteiger partial charge is 0.321 e. The summed E-state index contributed by atoms with van der Waals surface area (Å²) in [5.41, 5.74) is 2.80. The lowest BCUT2D eigenvalue weighted by molar-refractivity contribution is 0.193. The highest BCUT2D eigenvalue weighted by atomic mass is 16.2. The van der Waals surface area contributed by atoms with Crippen molar-refractivity contribution in [3.8, 4) is 0 Å². The number of aromatic amines is 1. The van der Waals surface area contributed by atoms with Crippen molar-refractivity contribution in [2.45, 2.75) is 18.8 Å². The van der Waals surface area contributed by atoms with Crippen LogP contribution < -0.4 is 5.32 Å². The number of carbonyl (C=O) groups excluding carboxylic acids is 1. The molecule has 0 aliphatic carbocycles. The fourth-order valence-electron chi connectivity index (χ4n) is 3.16. The molecule has 1 aliphatic rings. The minimum Gasteiger partial charge on any atom is -0.342 e. The highest BCUT2D eigenvalue weighted by Gasteiger charge is 2.25. The summed E-state index contributed by atoms with van der Waals surface area (Å²) in [5, 5.41) is 2.89. The Morgan fingerprint density at radius 2 is 2.00 bits per heavy atom. The van der Waals surface area contributed by atoms with Crippen LogP contribution in [0.25, 0.3) is 11.0 Å². The van der Waals surface area contributed by atoms with E-state index in [0.717, 1.165) is 48.5 Å². The van der Waals surface area contributed by atoms with Gasteiger partial charge in [0.2, 0.25) is 0 Å². The van der Waals surface area contributed by atoms with Crippen LogP contribution >= 0.6 is 0 Å². The van der Waals surface area contributed by atoms with E-state index in [0.29, 0.717) is 5.92 Å². The molecule has 2 amide bonds. The van der Waals surface area contributed by atoms with Crippen LogP contribution in [-0.2, 0) is 0 Å². The quantitative estimate of drug-likeness (QED) is 0.760. The van der Waals surface area contributed by atoms with Crippen molar-refractivity contribution >= 4 is 22.8 Å². The second-order valence-electron chi connectivity index (χ2n) is 6.07. The van der Waals surface area contributed by atoms with Gasteiger partial charge in [-0.1, -0.05) is 12.1 Å². The minimum absolute atomic E-state index is 0.0638. The highest BCUT2D eigenvalue weighted by Crippen LogP contribution is 2.27. The van der Waals surface area contributed by atoms with E-state index in [4.69, 9.17) is 4.98 Å². The Labute approximate surface area is 139 Å². The fourth-order valence-corrected chi connectivity index (χ4v) is 3.16. The van der Waals surface area contributed by atoms with Crippen LogP contribution in [0.4, 0.5) is 10.5 Å². The van der Waals surface area contributed by atoms with Gasteiger partial charge in [-0.05, 0) is 37.1 Å².